The molecule has 2 unspecified atom stereocenters. The normalized spacial score (nSPS) is 20.9. The molecule has 8 aromatic heterocycles. The fraction of sp³-hybridized carbons (Fsp3) is 0.393. The lowest BCUT2D eigenvalue weighted by atomic mass is 9.58. The van der Waals surface area contributed by atoms with E-state index in [1.54, 1.807) is 43.6 Å². The lowest BCUT2D eigenvalue weighted by Crippen LogP contribution is -2.58. The van der Waals surface area contributed by atoms with E-state index in [9.17, 15) is 24.4 Å². The predicted molar refractivity (Wildman–Crippen MR) is 470 cm³/mol. The summed E-state index contributed by atoms with van der Waals surface area (Å²) < 4.78 is 0. The summed E-state index contributed by atoms with van der Waals surface area (Å²) in [7, 11) is 0. The molecule has 628 valence electrons. The molecule has 6 atom stereocenters. The summed E-state index contributed by atoms with van der Waals surface area (Å²) in [5.41, 5.74) is 27.4. The van der Waals surface area contributed by atoms with Crippen LogP contribution in [0, 0.1) is 83.9 Å². The van der Waals surface area contributed by atoms with Crippen LogP contribution >= 0.6 is 0 Å². The van der Waals surface area contributed by atoms with E-state index < -0.39 is 0 Å². The van der Waals surface area contributed by atoms with Gasteiger partial charge in [-0.15, -0.1) is 19.3 Å². The maximum absolute atomic E-state index is 12.3. The molecule has 16 rings (SSSR count). The van der Waals surface area contributed by atoms with E-state index in [2.05, 4.69) is 172 Å². The molecule has 0 saturated heterocycles. The van der Waals surface area contributed by atoms with Crippen LogP contribution in [0.2, 0.25) is 0 Å². The molecule has 0 radical (unpaired) electrons. The van der Waals surface area contributed by atoms with E-state index in [0.29, 0.717) is 121 Å². The maximum Gasteiger partial charge on any atom is 0.232 e. The summed E-state index contributed by atoms with van der Waals surface area (Å²) in [6.07, 6.45) is 43.7. The Morgan fingerprint density at radius 2 is 1.06 bits per heavy atom. The average molecular weight is 1640 g/mol. The summed E-state index contributed by atoms with van der Waals surface area (Å²) in [4.78, 5) is 103. The van der Waals surface area contributed by atoms with Gasteiger partial charge in [-0.1, -0.05) is 88.4 Å². The molecular formula is C89H103N29O4. The van der Waals surface area contributed by atoms with Crippen molar-refractivity contribution in [1.29, 1.82) is 5.26 Å². The first-order valence-electron chi connectivity index (χ1n) is 41.1. The Morgan fingerprint density at radius 1 is 0.566 bits per heavy atom. The highest BCUT2D eigenvalue weighted by Gasteiger charge is 2.52. The number of benzene rings is 2. The van der Waals surface area contributed by atoms with Crippen LogP contribution in [0.3, 0.4) is 0 Å². The van der Waals surface area contributed by atoms with Gasteiger partial charge in [0.15, 0.2) is 0 Å². The van der Waals surface area contributed by atoms with Gasteiger partial charge in [-0.2, -0.15) is 30.3 Å². The number of carbonyl (C=O) groups is 4. The number of hydrogen-bond acceptors (Lipinski definition) is 27. The molecule has 0 spiro atoms. The molecule has 0 bridgehead atoms. The highest BCUT2D eigenvalue weighted by molar-refractivity contribution is 6.03. The monoisotopic (exact) mass is 1640 g/mol. The summed E-state index contributed by atoms with van der Waals surface area (Å²) in [5.74, 6) is 12.7. The van der Waals surface area contributed by atoms with E-state index in [4.69, 9.17) is 36.5 Å². The number of aromatic nitrogens is 15. The van der Waals surface area contributed by atoms with Crippen molar-refractivity contribution in [1.82, 2.24) is 75.0 Å². The number of anilines is 10. The number of terminal acetylenes is 3. The zero-order valence-electron chi connectivity index (χ0n) is 69.0. The molecule has 10 aromatic rings. The fourth-order valence-electron chi connectivity index (χ4n) is 16.5. The number of fused-ring (bicyclic) bond motifs is 3. The van der Waals surface area contributed by atoms with Crippen molar-refractivity contribution in [3.63, 3.8) is 0 Å². The molecule has 4 aliphatic carbocycles. The number of H-pyrrole nitrogens is 2. The largest absolute Gasteiger partial charge is 0.402 e. The van der Waals surface area contributed by atoms with Crippen molar-refractivity contribution in [2.45, 2.75) is 166 Å². The smallest absolute Gasteiger partial charge is 0.232 e. The number of carbonyl (C=O) groups excluding carboxylic acids is 4. The van der Waals surface area contributed by atoms with Crippen LogP contribution in [0.4, 0.5) is 58.4 Å². The van der Waals surface area contributed by atoms with Crippen molar-refractivity contribution in [2.24, 2.45) is 45.8 Å². The van der Waals surface area contributed by atoms with Crippen molar-refractivity contribution in [3.05, 3.63) is 185 Å². The first-order chi connectivity index (χ1) is 59.0. The standard InChI is InChI=1S/C24H26N8O.C23H26N6O2.C22H25N7O.C20H26N8/c1-4-14-12-26-23(25-10-9-16-15-7-5-6-8-18(15)29-22(16)33)31-20(14)30-19-11-17(24(19,2)3)21-27-13-28-32-21;1-4-13-12-26-22(29-20(13)28-18-11-16(19(24)30)23(18,2)3)25-10-9-15-14-7-5-6-8-17(14)27-21(15)31;1-2-14-11-27-22(25-10-7-16-12-26-19-13-24-9-8-18(16)19)29-21(14)28-17-5-3-15(4-6-17)20(23)30;1-13-9-18(26-12-25-13)7-8-23-20-24-11-16(10-21)19(28-20)27-17-5-3-15(4-6-17)14(2)22/h1,5-8,12-13,16-17,19H,9-11H2,2-3H3,(H,29,33)(H,27,28,32)(H2,25,26,30,31);1,5-8,12,15-16,18H,9-11H2,2-3H3,(H2,24,30)(H,27,31)(H2,25,26,28,29);1,8-9,11-13,15,17,26H,3-7,10H2,(H2,23,30)(H2,25,27,28,29);9,11-12,15,17H,2-8,22H2,1H3,(H2,23,24,27,28)/t16?,17-,19-;15?,16-,18-;;/m11../s1. The average Bonchev–Trinajstić information content (AvgIpc) is 0.796. The summed E-state index contributed by atoms with van der Waals surface area (Å²) in [5, 5.41) is 50.0. The van der Waals surface area contributed by atoms with Gasteiger partial charge >= 0.3 is 0 Å². The second-order valence-corrected chi connectivity index (χ2v) is 32.5. The van der Waals surface area contributed by atoms with Crippen molar-refractivity contribution >= 4 is 93.0 Å². The first-order valence-corrected chi connectivity index (χ1v) is 41.1. The van der Waals surface area contributed by atoms with Crippen molar-refractivity contribution in [3.8, 4) is 43.1 Å². The van der Waals surface area contributed by atoms with Crippen LogP contribution in [0.5, 0.6) is 0 Å². The third-order valence-electron chi connectivity index (χ3n) is 24.1. The van der Waals surface area contributed by atoms with Crippen LogP contribution in [0.1, 0.15) is 179 Å². The van der Waals surface area contributed by atoms with Gasteiger partial charge in [-0.3, -0.25) is 29.3 Å². The molecular weight excluding hydrogens is 1540 g/mol. The van der Waals surface area contributed by atoms with E-state index in [-0.39, 0.29) is 88.2 Å². The number of para-hydroxylation sites is 2. The van der Waals surface area contributed by atoms with Crippen molar-refractivity contribution < 1.29 is 19.2 Å². The highest BCUT2D eigenvalue weighted by Crippen LogP contribution is 2.53. The molecule has 122 heavy (non-hydrogen) atoms. The molecule has 4 amide bonds. The van der Waals surface area contributed by atoms with Crippen LogP contribution in [0.25, 0.3) is 10.9 Å². The zero-order valence-corrected chi connectivity index (χ0v) is 69.0. The number of rotatable bonds is 28. The Bertz CT molecular complexity index is 5590. The van der Waals surface area contributed by atoms with E-state index in [1.165, 1.54) is 10.9 Å². The minimum absolute atomic E-state index is 0.00479. The topological polar surface area (TPSA) is 490 Å². The molecule has 10 heterocycles. The van der Waals surface area contributed by atoms with Gasteiger partial charge < -0.3 is 75.4 Å². The van der Waals surface area contributed by atoms with Crippen molar-refractivity contribution in [2.75, 3.05) is 79.3 Å². The number of nitrogens with one attached hydrogen (secondary N) is 12. The van der Waals surface area contributed by atoms with Gasteiger partial charge in [0.1, 0.15) is 53.4 Å². The number of aryl methyl sites for hydroxylation is 1. The quantitative estimate of drug-likeness (QED) is 0.0203. The maximum atomic E-state index is 12.3. The van der Waals surface area contributed by atoms with Gasteiger partial charge in [0.05, 0.1) is 65.0 Å². The summed E-state index contributed by atoms with van der Waals surface area (Å²) in [6.45, 7) is 16.6. The van der Waals surface area contributed by atoms with Gasteiger partial charge in [0.2, 0.25) is 47.4 Å². The third-order valence-corrected chi connectivity index (χ3v) is 24.1. The number of hydrogen-bond donors (Lipinski definition) is 15. The third kappa shape index (κ3) is 20.7. The molecule has 2 aliphatic heterocycles. The Hall–Kier alpha value is -14.3. The molecule has 6 aliphatic rings. The number of aromatic amines is 2. The van der Waals surface area contributed by atoms with Crippen LogP contribution in [0.15, 0.2) is 129 Å². The minimum atomic E-state index is -0.292. The number of nitriles is 1. The lowest BCUT2D eigenvalue weighted by molar-refractivity contribution is -0.131. The number of allylic oxidation sites excluding steroid dienone is 1. The summed E-state index contributed by atoms with van der Waals surface area (Å²) in [6, 6.07) is 22.3. The summed E-state index contributed by atoms with van der Waals surface area (Å²) >= 11 is 0. The SMILES string of the molecule is C#Cc1cnc(NCCC2C(=O)Nc3ccccc32)nc1N[C@@H]1C[C@H](C(N)=O)C1(C)C.C#Cc1cnc(NCCC2C(=O)Nc3ccccc32)nc1N[C@@H]1C[C@H](c2ncn[nH]2)C1(C)C.C#Cc1cnc(NCCc2c[nH]c3cnccc23)nc1NC1CCC(C(N)=O)CC1.C=C(N)C1CCC(Nc2nc(NCCc3cc(C)ncn3)ncc2C#N)CC1. The Morgan fingerprint density at radius 3 is 1.53 bits per heavy atom. The minimum Gasteiger partial charge on any atom is -0.402 e. The van der Waals surface area contributed by atoms with Crippen LogP contribution in [-0.2, 0) is 32.0 Å². The Balaban J connectivity index is 0.000000140. The van der Waals surface area contributed by atoms with E-state index in [1.807, 2.05) is 93.8 Å². The van der Waals surface area contributed by atoms with Gasteiger partial charge in [-0.05, 0) is 148 Å². The fourth-order valence-corrected chi connectivity index (χ4v) is 16.5. The predicted octanol–water partition coefficient (Wildman–Crippen LogP) is 10.4. The second kappa shape index (κ2) is 39.0. The van der Waals surface area contributed by atoms with Gasteiger partial charge in [0.25, 0.3) is 0 Å². The van der Waals surface area contributed by atoms with Gasteiger partial charge in [-0.25, -0.2) is 34.9 Å². The molecule has 33 heteroatoms. The molecule has 4 fully saturated rings. The van der Waals surface area contributed by atoms with Crippen LogP contribution in [-0.4, -0.2) is 149 Å². The highest BCUT2D eigenvalue weighted by atomic mass is 16.2. The number of amides is 4. The molecule has 33 nitrogen and oxygen atoms in total. The van der Waals surface area contributed by atoms with Gasteiger partial charge in [0, 0.05) is 121 Å². The number of nitrogens with zero attached hydrogens (tertiary/aromatic N) is 14. The Labute approximate surface area is 708 Å². The second-order valence-electron chi connectivity index (χ2n) is 32.5. The first kappa shape index (κ1) is 85.5. The number of nitrogens with two attached hydrogens (primary N) is 3. The Kier molecular flexibility index (Phi) is 27.4. The van der Waals surface area contributed by atoms with Crippen LogP contribution < -0.4 is 70.4 Å². The van der Waals surface area contributed by atoms with E-state index in [0.717, 1.165) is 122 Å². The number of pyridine rings is 1. The van der Waals surface area contributed by atoms with E-state index >= 15 is 0 Å². The zero-order chi connectivity index (χ0) is 86.0. The molecule has 2 aromatic carbocycles. The number of primary amides is 2. The molecule has 4 saturated carbocycles. The molecule has 18 N–H and O–H groups in total. The lowest BCUT2D eigenvalue weighted by Gasteiger charge is -2.51.